The van der Waals surface area contributed by atoms with Gasteiger partial charge >= 0.3 is 5.97 Å². The number of rotatable bonds is 2. The lowest BCUT2D eigenvalue weighted by atomic mass is 10.1. The summed E-state index contributed by atoms with van der Waals surface area (Å²) in [4.78, 5) is 10.5. The molecule has 3 heteroatoms. The fourth-order valence-corrected chi connectivity index (χ4v) is 1.08. The summed E-state index contributed by atoms with van der Waals surface area (Å²) in [5.74, 6) is -0.888. The van der Waals surface area contributed by atoms with E-state index in [1.807, 2.05) is 41.7 Å². The molecule has 0 fully saturated rings. The van der Waals surface area contributed by atoms with E-state index in [-0.39, 0.29) is 0 Å². The van der Waals surface area contributed by atoms with Crippen LogP contribution in [0.5, 0.6) is 0 Å². The van der Waals surface area contributed by atoms with Gasteiger partial charge in [-0.15, -0.1) is 0 Å². The van der Waals surface area contributed by atoms with Gasteiger partial charge in [-0.2, -0.15) is 0 Å². The summed E-state index contributed by atoms with van der Waals surface area (Å²) in [6.07, 6.45) is 0. The largest absolute Gasteiger partial charge is 0.478 e. The number of hydrogen-bond donors (Lipinski definition) is 2. The Hall–Kier alpha value is -1.51. The van der Waals surface area contributed by atoms with Gasteiger partial charge in [-0.05, 0) is 30.7 Å². The number of aromatic carboxylic acids is 1. The molecule has 0 aliphatic heterocycles. The van der Waals surface area contributed by atoms with Gasteiger partial charge in [-0.3, -0.25) is 0 Å². The molecule has 3 nitrogen and oxygen atoms in total. The van der Waals surface area contributed by atoms with E-state index in [0.29, 0.717) is 5.56 Å². The van der Waals surface area contributed by atoms with Crippen molar-refractivity contribution in [2.24, 2.45) is 0 Å². The third-order valence-corrected chi connectivity index (χ3v) is 1.74. The monoisotopic (exact) mass is 225 g/mol. The summed E-state index contributed by atoms with van der Waals surface area (Å²) in [5.41, 5.74) is 2.23. The Morgan fingerprint density at radius 3 is 2.00 bits per heavy atom. The quantitative estimate of drug-likeness (QED) is 0.805. The molecule has 0 unspecified atom stereocenters. The van der Waals surface area contributed by atoms with Gasteiger partial charge in [-0.25, -0.2) is 4.79 Å². The lowest BCUT2D eigenvalue weighted by molar-refractivity contribution is 0.0697. The number of anilines is 1. The van der Waals surface area contributed by atoms with Gasteiger partial charge in [0.2, 0.25) is 0 Å². The van der Waals surface area contributed by atoms with Gasteiger partial charge in [0.15, 0.2) is 0 Å². The van der Waals surface area contributed by atoms with Crippen LogP contribution in [0.4, 0.5) is 5.69 Å². The maximum atomic E-state index is 10.5. The SMILES string of the molecule is CC.CC.CNc1ccc(C(=O)O)cc1C. The van der Waals surface area contributed by atoms with E-state index in [4.69, 9.17) is 5.11 Å². The molecule has 92 valence electrons. The predicted octanol–water partition coefficient (Wildman–Crippen LogP) is 3.79. The molecule has 0 heterocycles. The summed E-state index contributed by atoms with van der Waals surface area (Å²) in [6, 6.07) is 4.99. The van der Waals surface area contributed by atoms with E-state index in [2.05, 4.69) is 5.32 Å². The molecule has 0 saturated heterocycles. The molecule has 0 aliphatic carbocycles. The molecule has 0 radical (unpaired) electrons. The second kappa shape index (κ2) is 10.0. The second-order valence-electron chi connectivity index (χ2n) is 2.58. The van der Waals surface area contributed by atoms with Crippen LogP contribution in [0.2, 0.25) is 0 Å². The Kier molecular flexibility index (Phi) is 10.6. The molecule has 0 saturated carbocycles. The number of carboxylic acids is 1. The third kappa shape index (κ3) is 5.39. The first-order chi connectivity index (χ1) is 7.65. The lowest BCUT2D eigenvalue weighted by Crippen LogP contribution is -1.98. The number of benzene rings is 1. The maximum absolute atomic E-state index is 10.5. The molecule has 1 aromatic rings. The number of aryl methyl sites for hydroxylation is 1. The highest BCUT2D eigenvalue weighted by molar-refractivity contribution is 5.88. The molecule has 0 spiro atoms. The van der Waals surface area contributed by atoms with E-state index < -0.39 is 5.97 Å². The summed E-state index contributed by atoms with van der Waals surface area (Å²) >= 11 is 0. The molecule has 1 aromatic carbocycles. The van der Waals surface area contributed by atoms with Crippen molar-refractivity contribution in [3.63, 3.8) is 0 Å². The molecule has 0 aromatic heterocycles. The fourth-order valence-electron chi connectivity index (χ4n) is 1.08. The maximum Gasteiger partial charge on any atom is 0.335 e. The molecule has 0 amide bonds. The van der Waals surface area contributed by atoms with Gasteiger partial charge in [0.25, 0.3) is 0 Å². The van der Waals surface area contributed by atoms with Crippen LogP contribution in [0.15, 0.2) is 18.2 Å². The van der Waals surface area contributed by atoms with Crippen LogP contribution < -0.4 is 5.32 Å². The third-order valence-electron chi connectivity index (χ3n) is 1.74. The fraction of sp³-hybridized carbons (Fsp3) is 0.462. The molecule has 0 atom stereocenters. The Morgan fingerprint density at radius 2 is 1.69 bits per heavy atom. The predicted molar refractivity (Wildman–Crippen MR) is 70.4 cm³/mol. The highest BCUT2D eigenvalue weighted by Gasteiger charge is 2.03. The van der Waals surface area contributed by atoms with Gasteiger partial charge in [0.05, 0.1) is 5.56 Å². The van der Waals surface area contributed by atoms with Crippen molar-refractivity contribution in [2.45, 2.75) is 34.6 Å². The Labute approximate surface area is 98.5 Å². The number of carboxylic acid groups (broad SMARTS) is 1. The molecule has 2 N–H and O–H groups in total. The van der Waals surface area contributed by atoms with Gasteiger partial charge in [-0.1, -0.05) is 27.7 Å². The molecule has 1 rings (SSSR count). The first-order valence-corrected chi connectivity index (χ1v) is 5.67. The topological polar surface area (TPSA) is 49.3 Å². The van der Waals surface area contributed by atoms with Gasteiger partial charge in [0, 0.05) is 12.7 Å². The lowest BCUT2D eigenvalue weighted by Gasteiger charge is -2.04. The normalized spacial score (nSPS) is 7.88. The second-order valence-corrected chi connectivity index (χ2v) is 2.58. The summed E-state index contributed by atoms with van der Waals surface area (Å²) < 4.78 is 0. The van der Waals surface area contributed by atoms with Crippen LogP contribution in [0, 0.1) is 6.92 Å². The average Bonchev–Trinajstić information content (AvgIpc) is 2.34. The van der Waals surface area contributed by atoms with E-state index in [0.717, 1.165) is 11.3 Å². The number of nitrogens with one attached hydrogen (secondary N) is 1. The minimum Gasteiger partial charge on any atom is -0.478 e. The molecular weight excluding hydrogens is 202 g/mol. The highest BCUT2D eigenvalue weighted by Crippen LogP contribution is 2.15. The van der Waals surface area contributed by atoms with Crippen LogP contribution in [0.1, 0.15) is 43.6 Å². The van der Waals surface area contributed by atoms with E-state index in [9.17, 15) is 4.79 Å². The Balaban J connectivity index is 0. The van der Waals surface area contributed by atoms with Crippen molar-refractivity contribution >= 4 is 11.7 Å². The van der Waals surface area contributed by atoms with Crippen LogP contribution >= 0.6 is 0 Å². The summed E-state index contributed by atoms with van der Waals surface area (Å²) in [7, 11) is 1.81. The first kappa shape index (κ1) is 16.9. The zero-order valence-corrected chi connectivity index (χ0v) is 11.1. The molecule has 16 heavy (non-hydrogen) atoms. The van der Waals surface area contributed by atoms with Gasteiger partial charge < -0.3 is 10.4 Å². The van der Waals surface area contributed by atoms with Crippen molar-refractivity contribution in [2.75, 3.05) is 12.4 Å². The minimum atomic E-state index is -0.888. The minimum absolute atomic E-state index is 0.325. The first-order valence-electron chi connectivity index (χ1n) is 5.67. The van der Waals surface area contributed by atoms with E-state index in [1.165, 1.54) is 0 Å². The van der Waals surface area contributed by atoms with E-state index >= 15 is 0 Å². The molecule has 0 aliphatic rings. The van der Waals surface area contributed by atoms with Gasteiger partial charge in [0.1, 0.15) is 0 Å². The van der Waals surface area contributed by atoms with E-state index in [1.54, 1.807) is 18.2 Å². The summed E-state index contributed by atoms with van der Waals surface area (Å²) in [5, 5.41) is 11.6. The summed E-state index contributed by atoms with van der Waals surface area (Å²) in [6.45, 7) is 9.87. The zero-order chi connectivity index (χ0) is 13.1. The smallest absolute Gasteiger partial charge is 0.335 e. The van der Waals surface area contributed by atoms with Crippen LogP contribution in [-0.4, -0.2) is 18.1 Å². The highest BCUT2D eigenvalue weighted by atomic mass is 16.4. The Bertz CT molecular complexity index is 309. The van der Waals surface area contributed by atoms with Crippen molar-refractivity contribution in [1.29, 1.82) is 0 Å². The molecular formula is C13H23NO2. The zero-order valence-electron chi connectivity index (χ0n) is 11.1. The number of carbonyl (C=O) groups is 1. The van der Waals surface area contributed by atoms with Crippen molar-refractivity contribution < 1.29 is 9.90 Å². The van der Waals surface area contributed by atoms with Crippen molar-refractivity contribution in [3.05, 3.63) is 29.3 Å². The standard InChI is InChI=1S/C9H11NO2.2C2H6/c1-6-5-7(9(11)12)3-4-8(6)10-2;2*1-2/h3-5,10H,1-2H3,(H,11,12);2*1-2H3. The van der Waals surface area contributed by atoms with Crippen LogP contribution in [0.3, 0.4) is 0 Å². The van der Waals surface area contributed by atoms with Crippen LogP contribution in [-0.2, 0) is 0 Å². The van der Waals surface area contributed by atoms with Crippen LogP contribution in [0.25, 0.3) is 0 Å². The van der Waals surface area contributed by atoms with Crippen molar-refractivity contribution in [1.82, 2.24) is 0 Å². The average molecular weight is 225 g/mol. The molecule has 0 bridgehead atoms. The number of hydrogen-bond acceptors (Lipinski definition) is 2. The Morgan fingerprint density at radius 1 is 1.19 bits per heavy atom. The van der Waals surface area contributed by atoms with Crippen molar-refractivity contribution in [3.8, 4) is 0 Å².